The molecule has 5 nitrogen and oxygen atoms in total. The normalized spacial score (nSPS) is 14.5. The Bertz CT molecular complexity index is 197. The molecule has 76 valence electrons. The van der Waals surface area contributed by atoms with E-state index in [4.69, 9.17) is 0 Å². The van der Waals surface area contributed by atoms with Gasteiger partial charge < -0.3 is 14.6 Å². The third-order valence-electron chi connectivity index (χ3n) is 1.43. The first-order valence-corrected chi connectivity index (χ1v) is 3.90. The van der Waals surface area contributed by atoms with Crippen molar-refractivity contribution < 1.29 is 24.2 Å². The first-order valence-electron chi connectivity index (χ1n) is 3.90. The van der Waals surface area contributed by atoms with Crippen LogP contribution in [0.5, 0.6) is 0 Å². The Morgan fingerprint density at radius 1 is 1.46 bits per heavy atom. The van der Waals surface area contributed by atoms with Crippen molar-refractivity contribution in [2.45, 2.75) is 25.9 Å². The number of carbonyl (C=O) groups excluding carboxylic acids is 2. The third-order valence-corrected chi connectivity index (χ3v) is 1.43. The molecule has 0 aliphatic carbocycles. The maximum atomic E-state index is 11.0. The van der Waals surface area contributed by atoms with Crippen LogP contribution in [-0.2, 0) is 19.1 Å². The molecule has 0 saturated carbocycles. The fraction of sp³-hybridized carbons (Fsp3) is 0.750. The molecule has 0 aliphatic rings. The van der Waals surface area contributed by atoms with E-state index in [0.717, 1.165) is 0 Å². The van der Waals surface area contributed by atoms with Crippen LogP contribution in [0.15, 0.2) is 0 Å². The number of aliphatic hydroxyl groups is 1. The molecule has 0 radical (unpaired) electrons. The molecule has 0 saturated heterocycles. The molecule has 0 bridgehead atoms. The Hall–Kier alpha value is -1.10. The summed E-state index contributed by atoms with van der Waals surface area (Å²) < 4.78 is 8.86. The average Bonchev–Trinajstić information content (AvgIpc) is 2.04. The zero-order valence-electron chi connectivity index (χ0n) is 7.99. The molecule has 0 aliphatic heterocycles. The van der Waals surface area contributed by atoms with Gasteiger partial charge in [-0.05, 0) is 13.8 Å². The monoisotopic (exact) mass is 190 g/mol. The van der Waals surface area contributed by atoms with E-state index in [1.807, 2.05) is 0 Å². The summed E-state index contributed by atoms with van der Waals surface area (Å²) in [6.45, 7) is 2.99. The molecular formula is C8H14O5. The zero-order chi connectivity index (χ0) is 10.5. The van der Waals surface area contributed by atoms with E-state index >= 15 is 0 Å². The summed E-state index contributed by atoms with van der Waals surface area (Å²) in [4.78, 5) is 21.8. The van der Waals surface area contributed by atoms with E-state index in [9.17, 15) is 14.7 Å². The van der Waals surface area contributed by atoms with Crippen molar-refractivity contribution in [3.63, 3.8) is 0 Å². The van der Waals surface area contributed by atoms with Gasteiger partial charge in [-0.3, -0.25) is 4.79 Å². The van der Waals surface area contributed by atoms with Crippen molar-refractivity contribution in [3.8, 4) is 0 Å². The Labute approximate surface area is 76.6 Å². The first-order chi connectivity index (χ1) is 5.94. The van der Waals surface area contributed by atoms with Crippen LogP contribution in [0, 0.1) is 0 Å². The summed E-state index contributed by atoms with van der Waals surface area (Å²) in [7, 11) is 1.18. The van der Waals surface area contributed by atoms with Crippen LogP contribution in [0.25, 0.3) is 0 Å². The molecule has 0 fully saturated rings. The van der Waals surface area contributed by atoms with Crippen LogP contribution >= 0.6 is 0 Å². The number of carbonyl (C=O) groups is 2. The minimum absolute atomic E-state index is 0.163. The highest BCUT2D eigenvalue weighted by Gasteiger charge is 2.34. The second-order valence-corrected chi connectivity index (χ2v) is 2.75. The summed E-state index contributed by atoms with van der Waals surface area (Å²) in [6, 6.07) is 0. The molecule has 0 spiro atoms. The van der Waals surface area contributed by atoms with E-state index in [2.05, 4.69) is 9.47 Å². The maximum absolute atomic E-state index is 11.0. The maximum Gasteiger partial charge on any atom is 0.338 e. The van der Waals surface area contributed by atoms with Crippen LogP contribution in [0.3, 0.4) is 0 Å². The summed E-state index contributed by atoms with van der Waals surface area (Å²) in [5, 5.41) is 9.44. The lowest BCUT2D eigenvalue weighted by atomic mass is 10.0. The third kappa shape index (κ3) is 3.89. The van der Waals surface area contributed by atoms with E-state index in [0.29, 0.717) is 0 Å². The number of methoxy groups -OCH3 is 1. The van der Waals surface area contributed by atoms with Gasteiger partial charge in [-0.1, -0.05) is 0 Å². The predicted octanol–water partition coefficient (Wildman–Crippen LogP) is -0.136. The second-order valence-electron chi connectivity index (χ2n) is 2.75. The SMILES string of the molecule is CCOC(=O)C(C)(O)CC(=O)OC. The Kier molecular flexibility index (Phi) is 4.40. The molecule has 0 aromatic rings. The summed E-state index contributed by atoms with van der Waals surface area (Å²) in [6.07, 6.45) is -0.400. The summed E-state index contributed by atoms with van der Waals surface area (Å²) in [5.41, 5.74) is -1.80. The molecule has 0 aromatic carbocycles. The predicted molar refractivity (Wildman–Crippen MR) is 43.9 cm³/mol. The van der Waals surface area contributed by atoms with Gasteiger partial charge in [-0.15, -0.1) is 0 Å². The highest BCUT2D eigenvalue weighted by molar-refractivity contribution is 5.85. The van der Waals surface area contributed by atoms with Gasteiger partial charge in [0.2, 0.25) is 0 Å². The molecule has 1 N–H and O–H groups in total. The van der Waals surface area contributed by atoms with Crippen molar-refractivity contribution in [1.29, 1.82) is 0 Å². The molecule has 1 unspecified atom stereocenters. The lowest BCUT2D eigenvalue weighted by Gasteiger charge is -2.19. The van der Waals surface area contributed by atoms with Crippen LogP contribution in [0.4, 0.5) is 0 Å². The van der Waals surface area contributed by atoms with E-state index < -0.39 is 24.0 Å². The number of rotatable bonds is 4. The minimum Gasteiger partial charge on any atom is -0.469 e. The van der Waals surface area contributed by atoms with E-state index in [1.165, 1.54) is 14.0 Å². The summed E-state index contributed by atoms with van der Waals surface area (Å²) in [5.74, 6) is -1.47. The topological polar surface area (TPSA) is 72.8 Å². The molecule has 13 heavy (non-hydrogen) atoms. The van der Waals surface area contributed by atoms with Gasteiger partial charge in [0.15, 0.2) is 5.60 Å². The standard InChI is InChI=1S/C8H14O5/c1-4-13-7(10)8(2,11)5-6(9)12-3/h11H,4-5H2,1-3H3. The van der Waals surface area contributed by atoms with Gasteiger partial charge in [-0.2, -0.15) is 0 Å². The molecule has 1 atom stereocenters. The molecule has 0 rings (SSSR count). The van der Waals surface area contributed by atoms with Gasteiger partial charge in [0.05, 0.1) is 20.1 Å². The second kappa shape index (κ2) is 4.81. The fourth-order valence-corrected chi connectivity index (χ4v) is 0.712. The Morgan fingerprint density at radius 2 is 2.00 bits per heavy atom. The number of hydrogen-bond donors (Lipinski definition) is 1. The van der Waals surface area contributed by atoms with Crippen molar-refractivity contribution in [2.24, 2.45) is 0 Å². The minimum atomic E-state index is -1.80. The van der Waals surface area contributed by atoms with E-state index in [-0.39, 0.29) is 6.61 Å². The average molecular weight is 190 g/mol. The molecule has 0 amide bonds. The van der Waals surface area contributed by atoms with Crippen LogP contribution in [0.2, 0.25) is 0 Å². The lowest BCUT2D eigenvalue weighted by Crippen LogP contribution is -2.39. The Morgan fingerprint density at radius 3 is 2.38 bits per heavy atom. The first kappa shape index (κ1) is 11.9. The smallest absolute Gasteiger partial charge is 0.338 e. The van der Waals surface area contributed by atoms with Crippen molar-refractivity contribution in [3.05, 3.63) is 0 Å². The number of esters is 2. The molecular weight excluding hydrogens is 176 g/mol. The van der Waals surface area contributed by atoms with Crippen molar-refractivity contribution in [2.75, 3.05) is 13.7 Å². The Balaban J connectivity index is 4.21. The zero-order valence-corrected chi connectivity index (χ0v) is 7.99. The van der Waals surface area contributed by atoms with E-state index in [1.54, 1.807) is 6.92 Å². The molecule has 0 aromatic heterocycles. The molecule has 0 heterocycles. The van der Waals surface area contributed by atoms with Crippen LogP contribution < -0.4 is 0 Å². The van der Waals surface area contributed by atoms with Gasteiger partial charge in [0, 0.05) is 0 Å². The largest absolute Gasteiger partial charge is 0.469 e. The number of hydrogen-bond acceptors (Lipinski definition) is 5. The fourth-order valence-electron chi connectivity index (χ4n) is 0.712. The highest BCUT2D eigenvalue weighted by Crippen LogP contribution is 2.12. The van der Waals surface area contributed by atoms with Gasteiger partial charge in [-0.25, -0.2) is 4.79 Å². The van der Waals surface area contributed by atoms with Gasteiger partial charge in [0.1, 0.15) is 0 Å². The highest BCUT2D eigenvalue weighted by atomic mass is 16.6. The summed E-state index contributed by atoms with van der Waals surface area (Å²) >= 11 is 0. The van der Waals surface area contributed by atoms with Crippen molar-refractivity contribution in [1.82, 2.24) is 0 Å². The number of ether oxygens (including phenoxy) is 2. The van der Waals surface area contributed by atoms with Gasteiger partial charge >= 0.3 is 11.9 Å². The van der Waals surface area contributed by atoms with Crippen molar-refractivity contribution >= 4 is 11.9 Å². The van der Waals surface area contributed by atoms with Crippen LogP contribution in [-0.4, -0.2) is 36.4 Å². The lowest BCUT2D eigenvalue weighted by molar-refractivity contribution is -0.169. The molecule has 5 heteroatoms. The quantitative estimate of drug-likeness (QED) is 0.625. The van der Waals surface area contributed by atoms with Gasteiger partial charge in [0.25, 0.3) is 0 Å². The van der Waals surface area contributed by atoms with Crippen LogP contribution in [0.1, 0.15) is 20.3 Å².